The van der Waals surface area contributed by atoms with Crippen molar-refractivity contribution in [2.24, 2.45) is 12.0 Å². The molecule has 3 rings (SSSR count). The summed E-state index contributed by atoms with van der Waals surface area (Å²) in [5, 5.41) is 13.4. The van der Waals surface area contributed by atoms with Gasteiger partial charge in [0.2, 0.25) is 5.91 Å². The van der Waals surface area contributed by atoms with Gasteiger partial charge in [0, 0.05) is 23.8 Å². The van der Waals surface area contributed by atoms with Gasteiger partial charge in [-0.3, -0.25) is 4.79 Å². The molecule has 162 valence electrons. The van der Waals surface area contributed by atoms with E-state index in [0.717, 1.165) is 5.69 Å². The molecule has 1 heterocycles. The number of thiazole rings is 1. The number of benzene rings is 2. The van der Waals surface area contributed by atoms with Crippen LogP contribution in [0.4, 0.5) is 24.5 Å². The zero-order valence-corrected chi connectivity index (χ0v) is 17.6. The van der Waals surface area contributed by atoms with Crippen molar-refractivity contribution in [2.75, 3.05) is 5.32 Å². The molecule has 0 aliphatic rings. The van der Waals surface area contributed by atoms with Crippen LogP contribution in [0.15, 0.2) is 58.9 Å². The van der Waals surface area contributed by atoms with Crippen LogP contribution in [-0.4, -0.2) is 16.8 Å². The number of rotatable bonds is 5. The minimum absolute atomic E-state index is 0. The van der Waals surface area contributed by atoms with Crippen LogP contribution in [0.3, 0.4) is 0 Å². The fourth-order valence-electron chi connectivity index (χ4n) is 2.49. The fraction of sp³-hybridized carbons (Fsp3) is 0.150. The third-order valence-corrected chi connectivity index (χ3v) is 4.92. The predicted molar refractivity (Wildman–Crippen MR) is 112 cm³/mol. The number of nitriles is 1. The summed E-state index contributed by atoms with van der Waals surface area (Å²) < 4.78 is 42.3. The van der Waals surface area contributed by atoms with Gasteiger partial charge in [-0.05, 0) is 48.5 Å². The molecule has 31 heavy (non-hydrogen) atoms. The van der Waals surface area contributed by atoms with Crippen molar-refractivity contribution in [3.8, 4) is 11.8 Å². The summed E-state index contributed by atoms with van der Waals surface area (Å²) >= 11 is 1.31. The van der Waals surface area contributed by atoms with Gasteiger partial charge < -0.3 is 14.6 Å². The molecule has 0 atom stereocenters. The molecule has 0 fully saturated rings. The number of carbonyl (C=O) groups excluding carboxylic acids is 1. The maximum Gasteiger partial charge on any atom is 0.573 e. The van der Waals surface area contributed by atoms with Gasteiger partial charge in [0.15, 0.2) is 4.80 Å². The number of carbonyl (C=O) groups is 1. The van der Waals surface area contributed by atoms with E-state index in [9.17, 15) is 18.0 Å². The maximum absolute atomic E-state index is 12.3. The summed E-state index contributed by atoms with van der Waals surface area (Å²) in [4.78, 5) is 17.3. The van der Waals surface area contributed by atoms with Crippen LogP contribution >= 0.6 is 23.7 Å². The van der Waals surface area contributed by atoms with E-state index in [1.165, 1.54) is 35.6 Å². The highest BCUT2D eigenvalue weighted by atomic mass is 35.5. The van der Waals surface area contributed by atoms with E-state index >= 15 is 0 Å². The van der Waals surface area contributed by atoms with Crippen LogP contribution in [0, 0.1) is 11.3 Å². The van der Waals surface area contributed by atoms with Crippen molar-refractivity contribution < 1.29 is 22.7 Å². The van der Waals surface area contributed by atoms with Gasteiger partial charge in [-0.1, -0.05) is 0 Å². The Balaban J connectivity index is 0.00000341. The molecule has 0 bridgehead atoms. The third kappa shape index (κ3) is 6.87. The second kappa shape index (κ2) is 10.1. The zero-order chi connectivity index (χ0) is 21.7. The molecule has 11 heteroatoms. The summed E-state index contributed by atoms with van der Waals surface area (Å²) in [7, 11) is 1.75. The van der Waals surface area contributed by atoms with Crippen molar-refractivity contribution in [3.05, 3.63) is 70.0 Å². The Morgan fingerprint density at radius 2 is 1.84 bits per heavy atom. The molecule has 1 N–H and O–H groups in total. The molecule has 3 aromatic rings. The molecular formula is C20H16ClF3N4O2S. The monoisotopic (exact) mass is 468 g/mol. The standard InChI is InChI=1S/C20H15F3N4O2S.ClH/c1-27-16(10-18(28)25-14-4-2-13(11-24)3-5-14)12-30-19(27)26-15-6-8-17(9-7-15)29-20(21,22)23;/h2-9,12H,10H2,1H3,(H,25,28);1H. The van der Waals surface area contributed by atoms with Crippen molar-refractivity contribution in [1.82, 2.24) is 4.57 Å². The van der Waals surface area contributed by atoms with Gasteiger partial charge in [-0.15, -0.1) is 36.9 Å². The number of nitrogens with zero attached hydrogens (tertiary/aromatic N) is 3. The van der Waals surface area contributed by atoms with Gasteiger partial charge in [-0.25, -0.2) is 4.99 Å². The minimum Gasteiger partial charge on any atom is -0.406 e. The highest BCUT2D eigenvalue weighted by Gasteiger charge is 2.30. The van der Waals surface area contributed by atoms with Gasteiger partial charge in [0.05, 0.1) is 23.7 Å². The topological polar surface area (TPSA) is 79.4 Å². The number of nitrogens with one attached hydrogen (secondary N) is 1. The highest BCUT2D eigenvalue weighted by Crippen LogP contribution is 2.24. The number of amides is 1. The predicted octanol–water partition coefficient (Wildman–Crippen LogP) is 4.69. The maximum atomic E-state index is 12.3. The van der Waals surface area contributed by atoms with Crippen LogP contribution in [0.1, 0.15) is 11.3 Å². The number of hydrogen-bond donors (Lipinski definition) is 1. The van der Waals surface area contributed by atoms with Crippen LogP contribution < -0.4 is 14.9 Å². The highest BCUT2D eigenvalue weighted by molar-refractivity contribution is 7.07. The molecule has 1 aromatic heterocycles. The molecule has 0 radical (unpaired) electrons. The average molecular weight is 469 g/mol. The Bertz CT molecular complexity index is 1150. The lowest BCUT2D eigenvalue weighted by Crippen LogP contribution is -2.19. The van der Waals surface area contributed by atoms with Crippen LogP contribution in [0.2, 0.25) is 0 Å². The van der Waals surface area contributed by atoms with Crippen LogP contribution in [0.25, 0.3) is 0 Å². The lowest BCUT2D eigenvalue weighted by molar-refractivity contribution is -0.274. The van der Waals surface area contributed by atoms with Gasteiger partial charge >= 0.3 is 6.36 Å². The van der Waals surface area contributed by atoms with E-state index in [1.807, 2.05) is 6.07 Å². The first-order valence-corrected chi connectivity index (χ1v) is 9.45. The summed E-state index contributed by atoms with van der Waals surface area (Å²) in [6, 6.07) is 13.7. The van der Waals surface area contributed by atoms with Gasteiger partial charge in [0.1, 0.15) is 5.75 Å². The zero-order valence-electron chi connectivity index (χ0n) is 16.0. The number of alkyl halides is 3. The Kier molecular flexibility index (Phi) is 7.85. The van der Waals surface area contributed by atoms with E-state index in [4.69, 9.17) is 5.26 Å². The molecule has 6 nitrogen and oxygen atoms in total. The third-order valence-electron chi connectivity index (χ3n) is 3.95. The van der Waals surface area contributed by atoms with E-state index in [1.54, 1.807) is 41.3 Å². The quantitative estimate of drug-likeness (QED) is 0.590. The van der Waals surface area contributed by atoms with Crippen LogP contribution in [0.5, 0.6) is 5.75 Å². The first-order valence-electron chi connectivity index (χ1n) is 8.57. The minimum atomic E-state index is -4.74. The first-order chi connectivity index (χ1) is 14.2. The molecule has 0 aliphatic heterocycles. The summed E-state index contributed by atoms with van der Waals surface area (Å²) in [5.41, 5.74) is 2.27. The molecule has 0 spiro atoms. The molecule has 0 saturated carbocycles. The number of aromatic nitrogens is 1. The lowest BCUT2D eigenvalue weighted by Gasteiger charge is -2.08. The Hall–Kier alpha value is -3.29. The molecule has 0 unspecified atom stereocenters. The van der Waals surface area contributed by atoms with Gasteiger partial charge in [-0.2, -0.15) is 5.26 Å². The molecule has 2 aromatic carbocycles. The Labute approximate surface area is 185 Å². The summed E-state index contributed by atoms with van der Waals surface area (Å²) in [5.74, 6) is -0.550. The first kappa shape index (κ1) is 24.0. The van der Waals surface area contributed by atoms with Gasteiger partial charge in [0.25, 0.3) is 0 Å². The van der Waals surface area contributed by atoms with E-state index in [-0.39, 0.29) is 30.5 Å². The second-order valence-electron chi connectivity index (χ2n) is 6.14. The smallest absolute Gasteiger partial charge is 0.406 e. The largest absolute Gasteiger partial charge is 0.573 e. The second-order valence-corrected chi connectivity index (χ2v) is 6.97. The molecule has 0 saturated heterocycles. The molecule has 0 aliphatic carbocycles. The summed E-state index contributed by atoms with van der Waals surface area (Å²) in [6.07, 6.45) is -4.63. The number of halogens is 4. The average Bonchev–Trinajstić information content (AvgIpc) is 3.02. The van der Waals surface area contributed by atoms with E-state index in [0.29, 0.717) is 21.7 Å². The SMILES string of the molecule is Cl.Cn1c(CC(=O)Nc2ccc(C#N)cc2)csc1=Nc1ccc(OC(F)(F)F)cc1. The summed E-state index contributed by atoms with van der Waals surface area (Å²) in [6.45, 7) is 0. The van der Waals surface area contributed by atoms with Crippen LogP contribution in [-0.2, 0) is 18.3 Å². The number of ether oxygens (including phenoxy) is 1. The Morgan fingerprint density at radius 1 is 1.19 bits per heavy atom. The van der Waals surface area contributed by atoms with Crippen molar-refractivity contribution in [3.63, 3.8) is 0 Å². The van der Waals surface area contributed by atoms with Crippen molar-refractivity contribution >= 4 is 41.0 Å². The molecular weight excluding hydrogens is 453 g/mol. The van der Waals surface area contributed by atoms with E-state index < -0.39 is 6.36 Å². The fourth-order valence-corrected chi connectivity index (χ4v) is 3.41. The lowest BCUT2D eigenvalue weighted by atomic mass is 10.2. The van der Waals surface area contributed by atoms with Crippen molar-refractivity contribution in [2.45, 2.75) is 12.8 Å². The Morgan fingerprint density at radius 3 is 2.42 bits per heavy atom. The number of anilines is 1. The molecule has 1 amide bonds. The van der Waals surface area contributed by atoms with Crippen molar-refractivity contribution in [1.29, 1.82) is 5.26 Å². The number of hydrogen-bond acceptors (Lipinski definition) is 5. The van der Waals surface area contributed by atoms with E-state index in [2.05, 4.69) is 15.0 Å². The normalized spacial score (nSPS) is 11.4.